The molecule has 2 nitrogen and oxygen atoms in total. The van der Waals surface area contributed by atoms with Gasteiger partial charge in [0.2, 0.25) is 0 Å². The van der Waals surface area contributed by atoms with Crippen LogP contribution in [0.3, 0.4) is 0 Å². The van der Waals surface area contributed by atoms with E-state index in [1.807, 2.05) is 12.1 Å². The fraction of sp³-hybridized carbons (Fsp3) is 0.400. The van der Waals surface area contributed by atoms with Crippen LogP contribution in [0.25, 0.3) is 0 Å². The third kappa shape index (κ3) is 2.70. The zero-order valence-corrected chi connectivity index (χ0v) is 13.8. The molecule has 0 radical (unpaired) electrons. The van der Waals surface area contributed by atoms with E-state index < -0.39 is 0 Å². The van der Waals surface area contributed by atoms with E-state index in [1.54, 1.807) is 0 Å². The molecule has 3 rings (SSSR count). The van der Waals surface area contributed by atoms with Crippen LogP contribution in [0.5, 0.6) is 11.5 Å². The summed E-state index contributed by atoms with van der Waals surface area (Å²) in [7, 11) is 0. The fourth-order valence-corrected chi connectivity index (χ4v) is 3.26. The van der Waals surface area contributed by atoms with Gasteiger partial charge in [0.05, 0.1) is 11.4 Å². The number of para-hydroxylation sites is 4. The summed E-state index contributed by atoms with van der Waals surface area (Å²) < 4.78 is 6.10. The van der Waals surface area contributed by atoms with E-state index in [-0.39, 0.29) is 0 Å². The first-order chi connectivity index (χ1) is 10.7. The van der Waals surface area contributed by atoms with Crippen molar-refractivity contribution in [2.24, 2.45) is 5.92 Å². The minimum atomic E-state index is 0.492. The molecule has 0 aromatic heterocycles. The van der Waals surface area contributed by atoms with Crippen LogP contribution in [0.15, 0.2) is 48.5 Å². The van der Waals surface area contributed by atoms with Crippen molar-refractivity contribution in [1.29, 1.82) is 0 Å². The van der Waals surface area contributed by atoms with Crippen molar-refractivity contribution >= 4 is 11.4 Å². The maximum atomic E-state index is 6.10. The molecule has 2 aromatic rings. The second kappa shape index (κ2) is 6.43. The predicted molar refractivity (Wildman–Crippen MR) is 93.2 cm³/mol. The average Bonchev–Trinajstić information content (AvgIpc) is 2.54. The van der Waals surface area contributed by atoms with Crippen LogP contribution < -0.4 is 9.64 Å². The zero-order valence-electron chi connectivity index (χ0n) is 13.8. The van der Waals surface area contributed by atoms with Gasteiger partial charge in [-0.3, -0.25) is 0 Å². The van der Waals surface area contributed by atoms with E-state index in [0.29, 0.717) is 12.0 Å². The highest BCUT2D eigenvalue weighted by atomic mass is 16.5. The van der Waals surface area contributed by atoms with E-state index >= 15 is 0 Å². The van der Waals surface area contributed by atoms with Crippen molar-refractivity contribution in [2.75, 3.05) is 4.90 Å². The summed E-state index contributed by atoms with van der Waals surface area (Å²) in [4.78, 5) is 2.49. The van der Waals surface area contributed by atoms with Gasteiger partial charge >= 0.3 is 0 Å². The van der Waals surface area contributed by atoms with Gasteiger partial charge in [-0.05, 0) is 36.6 Å². The van der Waals surface area contributed by atoms with Crippen LogP contribution in [0.4, 0.5) is 11.4 Å². The van der Waals surface area contributed by atoms with Gasteiger partial charge in [-0.25, -0.2) is 0 Å². The second-order valence-electron chi connectivity index (χ2n) is 6.36. The number of rotatable bonds is 5. The van der Waals surface area contributed by atoms with Crippen molar-refractivity contribution in [2.45, 2.75) is 46.1 Å². The largest absolute Gasteiger partial charge is 0.453 e. The molecule has 1 aliphatic heterocycles. The second-order valence-corrected chi connectivity index (χ2v) is 6.36. The third-order valence-electron chi connectivity index (χ3n) is 4.42. The van der Waals surface area contributed by atoms with Gasteiger partial charge in [0, 0.05) is 6.04 Å². The van der Waals surface area contributed by atoms with Gasteiger partial charge in [-0.1, -0.05) is 57.9 Å². The van der Waals surface area contributed by atoms with Crippen LogP contribution >= 0.6 is 0 Å². The first-order valence-electron chi connectivity index (χ1n) is 8.37. The van der Waals surface area contributed by atoms with Gasteiger partial charge in [0.25, 0.3) is 0 Å². The average molecular weight is 295 g/mol. The van der Waals surface area contributed by atoms with Crippen LogP contribution in [-0.4, -0.2) is 6.04 Å². The molecule has 0 amide bonds. The number of unbranched alkanes of at least 4 members (excludes halogenated alkanes) is 1. The number of benzene rings is 2. The van der Waals surface area contributed by atoms with Crippen molar-refractivity contribution < 1.29 is 4.74 Å². The maximum absolute atomic E-state index is 6.10. The predicted octanol–water partition coefficient (Wildman–Crippen LogP) is 6.15. The summed E-state index contributed by atoms with van der Waals surface area (Å²) >= 11 is 0. The molecule has 1 atom stereocenters. The number of hydrogen-bond acceptors (Lipinski definition) is 2. The zero-order chi connectivity index (χ0) is 15.5. The molecule has 2 heteroatoms. The molecule has 0 aliphatic carbocycles. The number of ether oxygens (including phenoxy) is 1. The quantitative estimate of drug-likeness (QED) is 0.656. The topological polar surface area (TPSA) is 12.5 Å². The standard InChI is InChI=1S/C20H25NO/c1-4-5-10-16(15(2)3)21-17-11-6-8-13-19(17)22-20-14-9-7-12-18(20)21/h6-9,11-16H,4-5,10H2,1-3H3. The molecule has 1 heterocycles. The summed E-state index contributed by atoms with van der Waals surface area (Å²) in [5.74, 6) is 2.51. The molecule has 22 heavy (non-hydrogen) atoms. The first kappa shape index (κ1) is 15.0. The van der Waals surface area contributed by atoms with Crippen molar-refractivity contribution in [3.05, 3.63) is 48.5 Å². The number of anilines is 2. The summed E-state index contributed by atoms with van der Waals surface area (Å²) in [6.45, 7) is 6.90. The van der Waals surface area contributed by atoms with Gasteiger partial charge in [0.15, 0.2) is 11.5 Å². The molecule has 0 spiro atoms. The van der Waals surface area contributed by atoms with Crippen molar-refractivity contribution in [3.63, 3.8) is 0 Å². The lowest BCUT2D eigenvalue weighted by Crippen LogP contribution is -2.37. The Hall–Kier alpha value is -1.96. The van der Waals surface area contributed by atoms with E-state index in [4.69, 9.17) is 4.74 Å². The Kier molecular flexibility index (Phi) is 4.37. The van der Waals surface area contributed by atoms with E-state index in [1.165, 1.54) is 30.6 Å². The molecule has 0 saturated heterocycles. The molecule has 1 aliphatic rings. The Morgan fingerprint density at radius 1 is 0.909 bits per heavy atom. The normalized spacial score (nSPS) is 14.3. The number of nitrogens with zero attached hydrogens (tertiary/aromatic N) is 1. The highest BCUT2D eigenvalue weighted by Gasteiger charge is 2.30. The summed E-state index contributed by atoms with van der Waals surface area (Å²) in [6.07, 6.45) is 3.69. The van der Waals surface area contributed by atoms with Crippen LogP contribution in [-0.2, 0) is 0 Å². The maximum Gasteiger partial charge on any atom is 0.151 e. The Bertz CT molecular complexity index is 590. The first-order valence-corrected chi connectivity index (χ1v) is 8.37. The molecule has 1 unspecified atom stereocenters. The fourth-order valence-electron chi connectivity index (χ4n) is 3.26. The minimum absolute atomic E-state index is 0.492. The van der Waals surface area contributed by atoms with Crippen LogP contribution in [0.2, 0.25) is 0 Å². The van der Waals surface area contributed by atoms with E-state index in [9.17, 15) is 0 Å². The number of hydrogen-bond donors (Lipinski definition) is 0. The van der Waals surface area contributed by atoms with Gasteiger partial charge in [-0.15, -0.1) is 0 Å². The lowest BCUT2D eigenvalue weighted by molar-refractivity contribution is 0.416. The van der Waals surface area contributed by atoms with Crippen molar-refractivity contribution in [3.8, 4) is 11.5 Å². The molecule has 0 N–H and O–H groups in total. The Labute approximate surface area is 133 Å². The lowest BCUT2D eigenvalue weighted by atomic mass is 9.94. The smallest absolute Gasteiger partial charge is 0.151 e. The molecule has 0 saturated carbocycles. The minimum Gasteiger partial charge on any atom is -0.453 e. The molecular weight excluding hydrogens is 270 g/mol. The Morgan fingerprint density at radius 3 is 1.95 bits per heavy atom. The van der Waals surface area contributed by atoms with E-state index in [2.05, 4.69) is 62.1 Å². The molecule has 0 fully saturated rings. The van der Waals surface area contributed by atoms with Gasteiger partial charge in [-0.2, -0.15) is 0 Å². The highest BCUT2D eigenvalue weighted by molar-refractivity contribution is 5.78. The summed E-state index contributed by atoms with van der Waals surface area (Å²) in [6, 6.07) is 17.2. The van der Waals surface area contributed by atoms with E-state index in [0.717, 1.165) is 11.5 Å². The monoisotopic (exact) mass is 295 g/mol. The van der Waals surface area contributed by atoms with Gasteiger partial charge < -0.3 is 9.64 Å². The molecular formula is C20H25NO. The van der Waals surface area contributed by atoms with Gasteiger partial charge in [0.1, 0.15) is 0 Å². The Balaban J connectivity index is 2.08. The van der Waals surface area contributed by atoms with Crippen LogP contribution in [0.1, 0.15) is 40.0 Å². The SMILES string of the molecule is CCCCC(C(C)C)N1c2ccccc2Oc2ccccc21. The molecule has 2 aromatic carbocycles. The van der Waals surface area contributed by atoms with Crippen molar-refractivity contribution in [1.82, 2.24) is 0 Å². The lowest BCUT2D eigenvalue weighted by Gasteiger charge is -2.40. The summed E-state index contributed by atoms with van der Waals surface area (Å²) in [5, 5.41) is 0. The molecule has 116 valence electrons. The summed E-state index contributed by atoms with van der Waals surface area (Å²) in [5.41, 5.74) is 2.38. The van der Waals surface area contributed by atoms with Crippen LogP contribution in [0, 0.1) is 5.92 Å². The number of fused-ring (bicyclic) bond motifs is 2. The Morgan fingerprint density at radius 2 is 1.45 bits per heavy atom. The highest BCUT2D eigenvalue weighted by Crippen LogP contribution is 2.48. The third-order valence-corrected chi connectivity index (χ3v) is 4.42. The molecule has 0 bridgehead atoms.